The van der Waals surface area contributed by atoms with Crippen LogP contribution in [-0.4, -0.2) is 32.3 Å². The Morgan fingerprint density at radius 3 is 2.14 bits per heavy atom. The van der Waals surface area contributed by atoms with Crippen molar-refractivity contribution < 1.29 is 4.74 Å². The summed E-state index contributed by atoms with van der Waals surface area (Å²) in [6, 6.07) is 0. The summed E-state index contributed by atoms with van der Waals surface area (Å²) in [5.41, 5.74) is 6.00. The highest BCUT2D eigenvalue weighted by atomic mass is 16.5. The van der Waals surface area contributed by atoms with E-state index in [4.69, 9.17) is 10.5 Å². The van der Waals surface area contributed by atoms with E-state index in [9.17, 15) is 0 Å². The molecular formula is C11H26N2O. The highest BCUT2D eigenvalue weighted by molar-refractivity contribution is 4.88. The minimum Gasteiger partial charge on any atom is -0.383 e. The summed E-state index contributed by atoms with van der Waals surface area (Å²) >= 11 is 0. The van der Waals surface area contributed by atoms with Crippen LogP contribution in [0.2, 0.25) is 0 Å². The van der Waals surface area contributed by atoms with Crippen molar-refractivity contribution in [1.29, 1.82) is 0 Å². The molecule has 0 bridgehead atoms. The van der Waals surface area contributed by atoms with Crippen LogP contribution in [0, 0.1) is 0 Å². The van der Waals surface area contributed by atoms with Crippen LogP contribution in [0.3, 0.4) is 0 Å². The molecule has 0 heterocycles. The van der Waals surface area contributed by atoms with E-state index in [1.54, 1.807) is 7.11 Å². The average molecular weight is 202 g/mol. The van der Waals surface area contributed by atoms with E-state index >= 15 is 0 Å². The quantitative estimate of drug-likeness (QED) is 0.557. The van der Waals surface area contributed by atoms with Crippen molar-refractivity contribution in [3.8, 4) is 0 Å². The van der Waals surface area contributed by atoms with Gasteiger partial charge in [0.15, 0.2) is 0 Å². The molecule has 0 saturated carbocycles. The van der Waals surface area contributed by atoms with Gasteiger partial charge in [0, 0.05) is 25.7 Å². The lowest BCUT2D eigenvalue weighted by Crippen LogP contribution is -2.52. The van der Waals surface area contributed by atoms with Crippen LogP contribution in [0.4, 0.5) is 0 Å². The van der Waals surface area contributed by atoms with E-state index < -0.39 is 0 Å². The fraction of sp³-hybridized carbons (Fsp3) is 1.00. The number of rotatable bonds is 9. The molecule has 86 valence electrons. The van der Waals surface area contributed by atoms with Crippen LogP contribution in [0.15, 0.2) is 0 Å². The van der Waals surface area contributed by atoms with Crippen molar-refractivity contribution in [1.82, 2.24) is 5.32 Å². The predicted molar refractivity (Wildman–Crippen MR) is 61.5 cm³/mol. The average Bonchev–Trinajstić information content (AvgIpc) is 2.19. The third kappa shape index (κ3) is 4.94. The molecule has 0 fully saturated rings. The first-order chi connectivity index (χ1) is 6.74. The van der Waals surface area contributed by atoms with Gasteiger partial charge in [-0.3, -0.25) is 0 Å². The minimum absolute atomic E-state index is 0.141. The molecule has 0 atom stereocenters. The van der Waals surface area contributed by atoms with Crippen LogP contribution in [0.1, 0.15) is 39.5 Å². The fourth-order valence-corrected chi connectivity index (χ4v) is 1.95. The van der Waals surface area contributed by atoms with E-state index in [0.29, 0.717) is 0 Å². The summed E-state index contributed by atoms with van der Waals surface area (Å²) in [6.07, 6.45) is 4.66. The van der Waals surface area contributed by atoms with E-state index in [0.717, 1.165) is 32.5 Å². The zero-order chi connectivity index (χ0) is 10.9. The van der Waals surface area contributed by atoms with Crippen molar-refractivity contribution in [2.75, 3.05) is 26.8 Å². The monoisotopic (exact) mass is 202 g/mol. The number of nitrogens with two attached hydrogens (primary N) is 1. The van der Waals surface area contributed by atoms with Gasteiger partial charge in [-0.25, -0.2) is 0 Å². The van der Waals surface area contributed by atoms with E-state index in [1.165, 1.54) is 12.8 Å². The van der Waals surface area contributed by atoms with Gasteiger partial charge in [-0.2, -0.15) is 0 Å². The third-order valence-corrected chi connectivity index (χ3v) is 2.65. The maximum Gasteiger partial charge on any atom is 0.0587 e. The lowest BCUT2D eigenvalue weighted by Gasteiger charge is -2.33. The summed E-state index contributed by atoms with van der Waals surface area (Å²) in [6.45, 7) is 6.79. The molecule has 0 rings (SSSR count). The first kappa shape index (κ1) is 13.9. The topological polar surface area (TPSA) is 47.3 Å². The van der Waals surface area contributed by atoms with Crippen molar-refractivity contribution in [2.24, 2.45) is 5.73 Å². The first-order valence-electron chi connectivity index (χ1n) is 5.68. The molecule has 0 aliphatic carbocycles. The second kappa shape index (κ2) is 8.21. The summed E-state index contributed by atoms with van der Waals surface area (Å²) in [5, 5.41) is 3.54. The largest absolute Gasteiger partial charge is 0.383 e. The molecule has 0 aromatic rings. The molecule has 3 N–H and O–H groups in total. The lowest BCUT2D eigenvalue weighted by atomic mass is 9.88. The van der Waals surface area contributed by atoms with E-state index in [1.807, 2.05) is 0 Å². The molecule has 0 unspecified atom stereocenters. The molecule has 0 saturated heterocycles. The van der Waals surface area contributed by atoms with Gasteiger partial charge in [-0.15, -0.1) is 0 Å². The zero-order valence-electron chi connectivity index (χ0n) is 9.94. The SMILES string of the molecule is CCCC(CN)(CCC)NCCOC. The van der Waals surface area contributed by atoms with E-state index in [2.05, 4.69) is 19.2 Å². The molecule has 0 aromatic carbocycles. The zero-order valence-corrected chi connectivity index (χ0v) is 9.94. The Labute approximate surface area is 88.4 Å². The van der Waals surface area contributed by atoms with Gasteiger partial charge in [0.25, 0.3) is 0 Å². The minimum atomic E-state index is 0.141. The Bertz CT molecular complexity index is 122. The Kier molecular flexibility index (Phi) is 8.14. The second-order valence-electron chi connectivity index (χ2n) is 3.90. The van der Waals surface area contributed by atoms with Gasteiger partial charge < -0.3 is 15.8 Å². The molecule has 0 aliphatic rings. The van der Waals surface area contributed by atoms with Crippen molar-refractivity contribution >= 4 is 0 Å². The highest BCUT2D eigenvalue weighted by Crippen LogP contribution is 2.17. The maximum atomic E-state index is 5.86. The molecule has 14 heavy (non-hydrogen) atoms. The second-order valence-corrected chi connectivity index (χ2v) is 3.90. The summed E-state index contributed by atoms with van der Waals surface area (Å²) in [7, 11) is 1.73. The van der Waals surface area contributed by atoms with Crippen molar-refractivity contribution in [2.45, 2.75) is 45.1 Å². The van der Waals surface area contributed by atoms with Gasteiger partial charge in [-0.1, -0.05) is 26.7 Å². The van der Waals surface area contributed by atoms with Crippen LogP contribution in [0.25, 0.3) is 0 Å². The Hall–Kier alpha value is -0.120. The van der Waals surface area contributed by atoms with Crippen LogP contribution in [0.5, 0.6) is 0 Å². The van der Waals surface area contributed by atoms with Crippen LogP contribution in [-0.2, 0) is 4.74 Å². The molecule has 0 radical (unpaired) electrons. The Balaban J connectivity index is 4.03. The van der Waals surface area contributed by atoms with Gasteiger partial charge >= 0.3 is 0 Å². The summed E-state index contributed by atoms with van der Waals surface area (Å²) in [5.74, 6) is 0. The maximum absolute atomic E-state index is 5.86. The van der Waals surface area contributed by atoms with E-state index in [-0.39, 0.29) is 5.54 Å². The molecule has 0 aliphatic heterocycles. The highest BCUT2D eigenvalue weighted by Gasteiger charge is 2.25. The normalized spacial score (nSPS) is 12.0. The van der Waals surface area contributed by atoms with Gasteiger partial charge in [-0.05, 0) is 12.8 Å². The standard InChI is InChI=1S/C11H26N2O/c1-4-6-11(10-12,7-5-2)13-8-9-14-3/h13H,4-10,12H2,1-3H3. The third-order valence-electron chi connectivity index (χ3n) is 2.65. The molecular weight excluding hydrogens is 176 g/mol. The van der Waals surface area contributed by atoms with Crippen LogP contribution < -0.4 is 11.1 Å². The van der Waals surface area contributed by atoms with Crippen LogP contribution >= 0.6 is 0 Å². The fourth-order valence-electron chi connectivity index (χ4n) is 1.95. The Morgan fingerprint density at radius 1 is 1.21 bits per heavy atom. The van der Waals surface area contributed by atoms with Gasteiger partial charge in [0.2, 0.25) is 0 Å². The van der Waals surface area contributed by atoms with Crippen molar-refractivity contribution in [3.63, 3.8) is 0 Å². The smallest absolute Gasteiger partial charge is 0.0587 e. The molecule has 0 spiro atoms. The number of nitrogens with one attached hydrogen (secondary N) is 1. The lowest BCUT2D eigenvalue weighted by molar-refractivity contribution is 0.178. The van der Waals surface area contributed by atoms with Gasteiger partial charge in [0.05, 0.1) is 6.61 Å². The number of ether oxygens (including phenoxy) is 1. The molecule has 3 nitrogen and oxygen atoms in total. The molecule has 0 aromatic heterocycles. The van der Waals surface area contributed by atoms with Crippen molar-refractivity contribution in [3.05, 3.63) is 0 Å². The number of methoxy groups -OCH3 is 1. The summed E-state index contributed by atoms with van der Waals surface area (Å²) in [4.78, 5) is 0. The van der Waals surface area contributed by atoms with Gasteiger partial charge in [0.1, 0.15) is 0 Å². The number of hydrogen-bond acceptors (Lipinski definition) is 3. The number of hydrogen-bond donors (Lipinski definition) is 2. The Morgan fingerprint density at radius 2 is 1.79 bits per heavy atom. The summed E-state index contributed by atoms with van der Waals surface area (Å²) < 4.78 is 5.03. The molecule has 3 heteroatoms. The predicted octanol–water partition coefficient (Wildman–Crippen LogP) is 1.52. The first-order valence-corrected chi connectivity index (χ1v) is 5.68. The molecule has 0 amide bonds.